The van der Waals surface area contributed by atoms with Gasteiger partial charge in [0.25, 0.3) is 0 Å². The van der Waals surface area contributed by atoms with E-state index >= 15 is 0 Å². The van der Waals surface area contributed by atoms with Crippen LogP contribution >= 0.6 is 22.6 Å². The molecule has 4 nitrogen and oxygen atoms in total. The summed E-state index contributed by atoms with van der Waals surface area (Å²) in [6.07, 6.45) is -0.0157. The van der Waals surface area contributed by atoms with Crippen molar-refractivity contribution in [3.8, 4) is 0 Å². The second-order valence-electron chi connectivity index (χ2n) is 5.14. The van der Waals surface area contributed by atoms with E-state index in [9.17, 15) is 18.4 Å². The average molecular weight is 428 g/mol. The van der Waals surface area contributed by atoms with Gasteiger partial charge in [0, 0.05) is 17.8 Å². The summed E-state index contributed by atoms with van der Waals surface area (Å²) in [4.78, 5) is 24.2. The van der Waals surface area contributed by atoms with Crippen molar-refractivity contribution < 1.29 is 18.4 Å². The van der Waals surface area contributed by atoms with Gasteiger partial charge in [-0.1, -0.05) is 18.2 Å². The summed E-state index contributed by atoms with van der Waals surface area (Å²) in [5, 5.41) is 5.17. The molecule has 0 bridgehead atoms. The summed E-state index contributed by atoms with van der Waals surface area (Å²) in [5.74, 6) is -2.95. The zero-order valence-electron chi connectivity index (χ0n) is 11.7. The molecule has 23 heavy (non-hydrogen) atoms. The van der Waals surface area contributed by atoms with Gasteiger partial charge in [-0.15, -0.1) is 0 Å². The zero-order chi connectivity index (χ0) is 16.6. The van der Waals surface area contributed by atoms with Gasteiger partial charge in [-0.3, -0.25) is 9.59 Å². The molecule has 1 aliphatic rings. The van der Waals surface area contributed by atoms with E-state index < -0.39 is 23.5 Å². The molecule has 2 amide bonds. The third-order valence-corrected chi connectivity index (χ3v) is 4.60. The van der Waals surface area contributed by atoms with E-state index in [2.05, 4.69) is 10.6 Å². The molecule has 3 rings (SSSR count). The fraction of sp³-hybridized carbons (Fsp3) is 0.125. The van der Waals surface area contributed by atoms with Crippen LogP contribution in [0.25, 0.3) is 0 Å². The number of carbonyl (C=O) groups excluding carboxylic acids is 2. The van der Waals surface area contributed by atoms with E-state index in [1.54, 1.807) is 46.9 Å². The van der Waals surface area contributed by atoms with Crippen molar-refractivity contribution in [2.45, 2.75) is 12.3 Å². The highest BCUT2D eigenvalue weighted by Gasteiger charge is 2.30. The molecule has 0 saturated carbocycles. The molecule has 1 atom stereocenters. The van der Waals surface area contributed by atoms with Gasteiger partial charge in [-0.2, -0.15) is 0 Å². The Kier molecular flexibility index (Phi) is 4.29. The largest absolute Gasteiger partial charge is 0.326 e. The summed E-state index contributed by atoms with van der Waals surface area (Å²) < 4.78 is 27.0. The number of para-hydroxylation sites is 1. The number of hydrogen-bond donors (Lipinski definition) is 2. The number of nitrogens with one attached hydrogen (secondary N) is 2. The summed E-state index contributed by atoms with van der Waals surface area (Å²) in [7, 11) is 0. The highest BCUT2D eigenvalue weighted by Crippen LogP contribution is 2.33. The number of benzene rings is 2. The SMILES string of the molecule is O=C1CC(C(=O)Nc2cc(F)c(I)c(F)c2)c2ccccc2N1. The highest BCUT2D eigenvalue weighted by molar-refractivity contribution is 14.1. The minimum absolute atomic E-state index is 0.0157. The zero-order valence-corrected chi connectivity index (χ0v) is 13.9. The Morgan fingerprint density at radius 3 is 2.57 bits per heavy atom. The lowest BCUT2D eigenvalue weighted by atomic mass is 9.90. The van der Waals surface area contributed by atoms with Gasteiger partial charge in [-0.25, -0.2) is 8.78 Å². The van der Waals surface area contributed by atoms with Gasteiger partial charge < -0.3 is 10.6 Å². The third kappa shape index (κ3) is 3.19. The Bertz CT molecular complexity index is 787. The molecule has 0 saturated heterocycles. The lowest BCUT2D eigenvalue weighted by molar-refractivity contribution is -0.123. The fourth-order valence-electron chi connectivity index (χ4n) is 2.50. The Balaban J connectivity index is 1.88. The average Bonchev–Trinajstić information content (AvgIpc) is 2.51. The molecule has 2 aromatic carbocycles. The van der Waals surface area contributed by atoms with Crippen LogP contribution in [0.4, 0.5) is 20.2 Å². The molecule has 1 heterocycles. The molecule has 0 aliphatic carbocycles. The first-order chi connectivity index (χ1) is 11.0. The number of fused-ring (bicyclic) bond motifs is 1. The van der Waals surface area contributed by atoms with Gasteiger partial charge >= 0.3 is 0 Å². The van der Waals surface area contributed by atoms with Crippen LogP contribution < -0.4 is 10.6 Å². The van der Waals surface area contributed by atoms with Crippen LogP contribution in [0.3, 0.4) is 0 Å². The van der Waals surface area contributed by atoms with Crippen molar-refractivity contribution >= 4 is 45.8 Å². The predicted molar refractivity (Wildman–Crippen MR) is 90.1 cm³/mol. The van der Waals surface area contributed by atoms with E-state index in [0.29, 0.717) is 11.3 Å². The molecule has 1 aliphatic heterocycles. The maximum absolute atomic E-state index is 13.6. The Morgan fingerprint density at radius 2 is 1.87 bits per heavy atom. The first-order valence-corrected chi connectivity index (χ1v) is 7.88. The van der Waals surface area contributed by atoms with Crippen LogP contribution in [0.5, 0.6) is 0 Å². The first-order valence-electron chi connectivity index (χ1n) is 6.80. The van der Waals surface area contributed by atoms with Crippen LogP contribution in [0.1, 0.15) is 17.9 Å². The molecule has 7 heteroatoms. The normalized spacial score (nSPS) is 16.5. The summed E-state index contributed by atoms with van der Waals surface area (Å²) in [6.45, 7) is 0. The van der Waals surface area contributed by atoms with E-state index in [1.165, 1.54) is 0 Å². The van der Waals surface area contributed by atoms with Crippen molar-refractivity contribution in [2.24, 2.45) is 0 Å². The minimum atomic E-state index is -0.748. The third-order valence-electron chi connectivity index (χ3n) is 3.57. The highest BCUT2D eigenvalue weighted by atomic mass is 127. The molecule has 2 N–H and O–H groups in total. The number of amides is 2. The maximum atomic E-state index is 13.6. The lowest BCUT2D eigenvalue weighted by Gasteiger charge is -2.24. The molecular formula is C16H11F2IN2O2. The molecular weight excluding hydrogens is 417 g/mol. The van der Waals surface area contributed by atoms with Crippen LogP contribution in [0.2, 0.25) is 0 Å². The quantitative estimate of drug-likeness (QED) is 0.567. The predicted octanol–water partition coefficient (Wildman–Crippen LogP) is 3.63. The van der Waals surface area contributed by atoms with Gasteiger partial charge in [-0.05, 0) is 46.4 Å². The van der Waals surface area contributed by atoms with E-state index in [-0.39, 0.29) is 21.6 Å². The maximum Gasteiger partial charge on any atom is 0.232 e. The van der Waals surface area contributed by atoms with E-state index in [4.69, 9.17) is 0 Å². The topological polar surface area (TPSA) is 58.2 Å². The first kappa shape index (κ1) is 15.9. The van der Waals surface area contributed by atoms with Crippen molar-refractivity contribution in [1.82, 2.24) is 0 Å². The Labute approximate surface area is 144 Å². The second-order valence-corrected chi connectivity index (χ2v) is 6.21. The number of hydrogen-bond acceptors (Lipinski definition) is 2. The summed E-state index contributed by atoms with van der Waals surface area (Å²) in [5.41, 5.74) is 1.27. The van der Waals surface area contributed by atoms with Gasteiger partial charge in [0.15, 0.2) is 0 Å². The van der Waals surface area contributed by atoms with Gasteiger partial charge in [0.1, 0.15) is 11.6 Å². The van der Waals surface area contributed by atoms with Crippen LogP contribution in [-0.4, -0.2) is 11.8 Å². The molecule has 118 valence electrons. The van der Waals surface area contributed by atoms with E-state index in [0.717, 1.165) is 12.1 Å². The van der Waals surface area contributed by atoms with Gasteiger partial charge in [0.05, 0.1) is 9.49 Å². The fourth-order valence-corrected chi connectivity index (χ4v) is 2.81. The van der Waals surface area contributed by atoms with Crippen molar-refractivity contribution in [2.75, 3.05) is 10.6 Å². The van der Waals surface area contributed by atoms with Crippen LogP contribution in [0.15, 0.2) is 36.4 Å². The second kappa shape index (κ2) is 6.23. The standard InChI is InChI=1S/C16H11F2IN2O2/c17-11-5-8(6-12(18)15(11)19)20-16(23)10-7-14(22)21-13-4-2-1-3-9(10)13/h1-6,10H,7H2,(H,20,23)(H,21,22). The molecule has 1 unspecified atom stereocenters. The minimum Gasteiger partial charge on any atom is -0.326 e. The number of anilines is 2. The lowest BCUT2D eigenvalue weighted by Crippen LogP contribution is -2.30. The monoisotopic (exact) mass is 428 g/mol. The number of carbonyl (C=O) groups is 2. The molecule has 2 aromatic rings. The van der Waals surface area contributed by atoms with Crippen molar-refractivity contribution in [1.29, 1.82) is 0 Å². The molecule has 0 fully saturated rings. The Hall–Kier alpha value is -2.03. The number of halogens is 3. The van der Waals surface area contributed by atoms with Crippen LogP contribution in [-0.2, 0) is 9.59 Å². The Morgan fingerprint density at radius 1 is 1.22 bits per heavy atom. The summed E-state index contributed by atoms with van der Waals surface area (Å²) in [6, 6.07) is 9.07. The van der Waals surface area contributed by atoms with E-state index in [1.807, 2.05) is 0 Å². The van der Waals surface area contributed by atoms with Crippen molar-refractivity contribution in [3.05, 3.63) is 57.2 Å². The molecule has 0 radical (unpaired) electrons. The molecule has 0 spiro atoms. The van der Waals surface area contributed by atoms with Crippen LogP contribution in [0, 0.1) is 15.2 Å². The van der Waals surface area contributed by atoms with Crippen molar-refractivity contribution in [3.63, 3.8) is 0 Å². The summed E-state index contributed by atoms with van der Waals surface area (Å²) >= 11 is 1.55. The van der Waals surface area contributed by atoms with Gasteiger partial charge in [0.2, 0.25) is 11.8 Å². The number of rotatable bonds is 2. The molecule has 0 aromatic heterocycles. The smallest absolute Gasteiger partial charge is 0.232 e.